The van der Waals surface area contributed by atoms with E-state index in [4.69, 9.17) is 19.6 Å². The number of ether oxygens (including phenoxy) is 3. The molecule has 0 aromatic heterocycles. The number of carbonyl (C=O) groups is 1. The van der Waals surface area contributed by atoms with Crippen molar-refractivity contribution in [2.24, 2.45) is 0 Å². The molecule has 0 unspecified atom stereocenters. The predicted octanol–water partition coefficient (Wildman–Crippen LogP) is 4.76. The summed E-state index contributed by atoms with van der Waals surface area (Å²) in [6.45, 7) is 4.07. The van der Waals surface area contributed by atoms with Crippen LogP contribution in [0.4, 0.5) is 0 Å². The van der Waals surface area contributed by atoms with Crippen LogP contribution in [0.2, 0.25) is 0 Å². The molecule has 5 nitrogen and oxygen atoms in total. The quantitative estimate of drug-likeness (QED) is 0.584. The fraction of sp³-hybridized carbons (Fsp3) is 0.900. The zero-order chi connectivity index (χ0) is 18.1. The summed E-state index contributed by atoms with van der Waals surface area (Å²) >= 11 is 0. The van der Waals surface area contributed by atoms with Crippen molar-refractivity contribution in [2.45, 2.75) is 109 Å². The Morgan fingerprint density at radius 1 is 1.00 bits per heavy atom. The van der Waals surface area contributed by atoms with Gasteiger partial charge in [-0.1, -0.05) is 44.9 Å². The number of nitrogens with one attached hydrogen (secondary N) is 1. The smallest absolute Gasteiger partial charge is 0.311 e. The summed E-state index contributed by atoms with van der Waals surface area (Å²) in [4.78, 5) is 11.7. The number of esters is 1. The summed E-state index contributed by atoms with van der Waals surface area (Å²) in [6.07, 6.45) is 12.4. The van der Waals surface area contributed by atoms with Gasteiger partial charge in [0.2, 0.25) is 0 Å². The molecule has 1 saturated heterocycles. The van der Waals surface area contributed by atoms with Crippen LogP contribution in [0.25, 0.3) is 0 Å². The molecular weight excluding hydrogens is 318 g/mol. The van der Waals surface area contributed by atoms with E-state index in [1.165, 1.54) is 44.9 Å². The van der Waals surface area contributed by atoms with Gasteiger partial charge in [0.1, 0.15) is 6.10 Å². The molecule has 1 spiro atoms. The van der Waals surface area contributed by atoms with Crippen molar-refractivity contribution in [1.29, 1.82) is 5.41 Å². The zero-order valence-corrected chi connectivity index (χ0v) is 16.0. The van der Waals surface area contributed by atoms with Crippen molar-refractivity contribution in [3.8, 4) is 0 Å². The topological polar surface area (TPSA) is 68.6 Å². The van der Waals surface area contributed by atoms with Crippen LogP contribution < -0.4 is 0 Å². The molecule has 1 aliphatic carbocycles. The number of hydrogen-bond acceptors (Lipinski definition) is 5. The summed E-state index contributed by atoms with van der Waals surface area (Å²) in [7, 11) is 0. The van der Waals surface area contributed by atoms with Gasteiger partial charge in [-0.25, -0.2) is 0 Å². The highest BCUT2D eigenvalue weighted by atomic mass is 16.8. The van der Waals surface area contributed by atoms with Gasteiger partial charge in [0, 0.05) is 12.8 Å². The molecule has 5 heteroatoms. The average molecular weight is 354 g/mol. The molecular formula is C20H35NO4. The number of hydrogen-bond donors (Lipinski definition) is 1. The molecule has 2 atom stereocenters. The molecule has 1 N–H and O–H groups in total. The highest BCUT2D eigenvalue weighted by molar-refractivity contribution is 6.00. The van der Waals surface area contributed by atoms with Crippen molar-refractivity contribution in [1.82, 2.24) is 0 Å². The zero-order valence-electron chi connectivity index (χ0n) is 16.0. The Bertz CT molecular complexity index is 425. The van der Waals surface area contributed by atoms with Crippen LogP contribution in [0, 0.1) is 5.41 Å². The minimum atomic E-state index is -0.565. The van der Waals surface area contributed by atoms with Crippen LogP contribution in [-0.4, -0.2) is 36.3 Å². The second-order valence-corrected chi connectivity index (χ2v) is 7.46. The molecule has 0 radical (unpaired) electrons. The first-order valence-electron chi connectivity index (χ1n) is 10.1. The van der Waals surface area contributed by atoms with E-state index in [2.05, 4.69) is 0 Å². The summed E-state index contributed by atoms with van der Waals surface area (Å²) in [5.41, 5.74) is 0.272. The highest BCUT2D eigenvalue weighted by Crippen LogP contribution is 2.38. The Balaban J connectivity index is 1.95. The largest absolute Gasteiger partial charge is 0.466 e. The molecule has 25 heavy (non-hydrogen) atoms. The second-order valence-electron chi connectivity index (χ2n) is 7.46. The van der Waals surface area contributed by atoms with E-state index >= 15 is 0 Å². The minimum Gasteiger partial charge on any atom is -0.466 e. The van der Waals surface area contributed by atoms with Gasteiger partial charge in [-0.2, -0.15) is 0 Å². The Hall–Kier alpha value is -0.940. The maximum atomic E-state index is 11.7. The normalized spacial score (nSPS) is 28.1. The van der Waals surface area contributed by atoms with Crippen LogP contribution >= 0.6 is 0 Å². The Labute approximate surface area is 152 Å². The van der Waals surface area contributed by atoms with Crippen LogP contribution in [-0.2, 0) is 19.0 Å². The number of carbonyl (C=O) groups excluding carboxylic acids is 1. The van der Waals surface area contributed by atoms with E-state index in [9.17, 15) is 4.79 Å². The van der Waals surface area contributed by atoms with Gasteiger partial charge in [-0.3, -0.25) is 4.79 Å². The van der Waals surface area contributed by atoms with Crippen molar-refractivity contribution in [3.63, 3.8) is 0 Å². The van der Waals surface area contributed by atoms with Gasteiger partial charge < -0.3 is 19.6 Å². The fourth-order valence-corrected chi connectivity index (χ4v) is 3.96. The predicted molar refractivity (Wildman–Crippen MR) is 97.9 cm³/mol. The van der Waals surface area contributed by atoms with Crippen molar-refractivity contribution in [2.75, 3.05) is 6.61 Å². The van der Waals surface area contributed by atoms with E-state index in [-0.39, 0.29) is 24.2 Å². The van der Waals surface area contributed by atoms with E-state index in [1.807, 2.05) is 6.92 Å². The van der Waals surface area contributed by atoms with Gasteiger partial charge in [0.25, 0.3) is 0 Å². The molecule has 1 aliphatic heterocycles. The highest BCUT2D eigenvalue weighted by Gasteiger charge is 2.46. The Kier molecular flexibility index (Phi) is 8.37. The lowest BCUT2D eigenvalue weighted by Crippen LogP contribution is -2.33. The Morgan fingerprint density at radius 3 is 2.04 bits per heavy atom. The first-order chi connectivity index (χ1) is 12.1. The first kappa shape index (κ1) is 20.4. The molecule has 2 fully saturated rings. The van der Waals surface area contributed by atoms with Gasteiger partial charge >= 0.3 is 5.97 Å². The minimum absolute atomic E-state index is 0.0116. The first-order valence-corrected chi connectivity index (χ1v) is 10.1. The number of rotatable bonds is 4. The van der Waals surface area contributed by atoms with Gasteiger partial charge in [-0.05, 0) is 26.7 Å². The summed E-state index contributed by atoms with van der Waals surface area (Å²) in [5.74, 6) is -0.924. The van der Waals surface area contributed by atoms with E-state index in [0.717, 1.165) is 25.7 Å². The Morgan fingerprint density at radius 2 is 1.52 bits per heavy atom. The molecule has 144 valence electrons. The molecule has 0 aromatic carbocycles. The van der Waals surface area contributed by atoms with Crippen LogP contribution in [0.1, 0.15) is 90.9 Å². The van der Waals surface area contributed by atoms with Gasteiger partial charge in [0.15, 0.2) is 5.79 Å². The van der Waals surface area contributed by atoms with Crippen LogP contribution in [0.3, 0.4) is 0 Å². The molecule has 1 saturated carbocycles. The SMILES string of the molecule is CCOC(=O)CC(=N)[C@@H]1OC2(CCCCCCCCCCC2)O[C@H]1C. The van der Waals surface area contributed by atoms with Crippen LogP contribution in [0.5, 0.6) is 0 Å². The molecule has 2 aliphatic rings. The lowest BCUT2D eigenvalue weighted by molar-refractivity contribution is -0.181. The second kappa shape index (κ2) is 10.3. The van der Waals surface area contributed by atoms with Crippen LogP contribution in [0.15, 0.2) is 0 Å². The molecule has 0 bridgehead atoms. The van der Waals surface area contributed by atoms with Gasteiger partial charge in [-0.15, -0.1) is 0 Å². The standard InChI is InChI=1S/C20H35NO4/c1-3-23-18(22)15-17(21)19-16(2)24-20(25-19)13-11-9-7-5-4-6-8-10-12-14-20/h16,19,21H,3-15H2,1-2H3/t16-,19+/m0/s1. The molecule has 0 amide bonds. The fourth-order valence-electron chi connectivity index (χ4n) is 3.96. The average Bonchev–Trinajstić information content (AvgIpc) is 2.88. The summed E-state index contributed by atoms with van der Waals surface area (Å²) in [5, 5.41) is 8.26. The van der Waals surface area contributed by atoms with Crippen molar-refractivity contribution < 1.29 is 19.0 Å². The van der Waals surface area contributed by atoms with Crippen molar-refractivity contribution >= 4 is 11.7 Å². The van der Waals surface area contributed by atoms with E-state index < -0.39 is 11.9 Å². The molecule has 2 rings (SSSR count). The third kappa shape index (κ3) is 6.37. The maximum absolute atomic E-state index is 11.7. The molecule has 1 heterocycles. The maximum Gasteiger partial charge on any atom is 0.311 e. The molecule has 0 aromatic rings. The van der Waals surface area contributed by atoms with E-state index in [0.29, 0.717) is 6.61 Å². The summed E-state index contributed by atoms with van der Waals surface area (Å²) in [6, 6.07) is 0. The van der Waals surface area contributed by atoms with Gasteiger partial charge in [0.05, 0.1) is 24.8 Å². The third-order valence-corrected chi connectivity index (χ3v) is 5.27. The van der Waals surface area contributed by atoms with Crippen molar-refractivity contribution in [3.05, 3.63) is 0 Å². The lowest BCUT2D eigenvalue weighted by atomic mass is 9.97. The monoisotopic (exact) mass is 353 g/mol. The lowest BCUT2D eigenvalue weighted by Gasteiger charge is -2.29. The third-order valence-electron chi connectivity index (χ3n) is 5.27. The summed E-state index contributed by atoms with van der Waals surface area (Å²) < 4.78 is 17.5. The van der Waals surface area contributed by atoms with E-state index in [1.54, 1.807) is 6.92 Å².